The van der Waals surface area contributed by atoms with Crippen molar-refractivity contribution in [2.45, 2.75) is 6.92 Å². The molecule has 3 aromatic rings. The van der Waals surface area contributed by atoms with Crippen LogP contribution in [0.5, 0.6) is 11.5 Å². The monoisotopic (exact) mass is 354 g/mol. The third-order valence-corrected chi connectivity index (χ3v) is 3.56. The Morgan fingerprint density at radius 1 is 1.12 bits per heavy atom. The molecule has 2 aromatic heterocycles. The number of nitrogens with zero attached hydrogens (tertiary/aromatic N) is 2. The van der Waals surface area contributed by atoms with E-state index in [-0.39, 0.29) is 5.91 Å². The van der Waals surface area contributed by atoms with Crippen LogP contribution >= 0.6 is 0 Å². The normalized spacial score (nSPS) is 10.3. The number of ether oxygens (including phenoxy) is 2. The zero-order chi connectivity index (χ0) is 18.5. The minimum Gasteiger partial charge on any atom is -0.497 e. The summed E-state index contributed by atoms with van der Waals surface area (Å²) in [5, 5.41) is 9.57. The molecule has 0 spiro atoms. The topological polar surface area (TPSA) is 98.5 Å². The summed E-state index contributed by atoms with van der Waals surface area (Å²) in [6.45, 7) is 1.75. The van der Waals surface area contributed by atoms with Gasteiger partial charge in [0.1, 0.15) is 17.3 Å². The van der Waals surface area contributed by atoms with Gasteiger partial charge in [-0.05, 0) is 25.1 Å². The molecule has 0 aliphatic heterocycles. The molecule has 3 rings (SSSR count). The van der Waals surface area contributed by atoms with Crippen molar-refractivity contribution in [1.82, 2.24) is 10.1 Å². The first-order valence-corrected chi connectivity index (χ1v) is 7.78. The van der Waals surface area contributed by atoms with E-state index < -0.39 is 0 Å². The minimum absolute atomic E-state index is 0.337. The van der Waals surface area contributed by atoms with Crippen molar-refractivity contribution in [1.29, 1.82) is 0 Å². The summed E-state index contributed by atoms with van der Waals surface area (Å²) in [4.78, 5) is 16.4. The van der Waals surface area contributed by atoms with E-state index in [1.807, 2.05) is 12.1 Å². The third kappa shape index (κ3) is 3.92. The number of amides is 1. The predicted octanol–water partition coefficient (Wildman–Crippen LogP) is 3.39. The van der Waals surface area contributed by atoms with E-state index in [1.165, 1.54) is 6.20 Å². The lowest BCUT2D eigenvalue weighted by atomic mass is 10.2. The lowest BCUT2D eigenvalue weighted by molar-refractivity contribution is 0.102. The molecule has 0 atom stereocenters. The average Bonchev–Trinajstić information content (AvgIpc) is 3.07. The smallest absolute Gasteiger partial charge is 0.258 e. The summed E-state index contributed by atoms with van der Waals surface area (Å²) in [5.41, 5.74) is 1.74. The van der Waals surface area contributed by atoms with E-state index >= 15 is 0 Å². The number of anilines is 3. The van der Waals surface area contributed by atoms with Gasteiger partial charge in [0, 0.05) is 18.3 Å². The molecule has 0 bridgehead atoms. The Balaban J connectivity index is 1.78. The number of carbonyl (C=O) groups excluding carboxylic acids is 1. The first-order valence-electron chi connectivity index (χ1n) is 7.78. The van der Waals surface area contributed by atoms with Crippen LogP contribution in [-0.2, 0) is 0 Å². The van der Waals surface area contributed by atoms with Gasteiger partial charge in [-0.2, -0.15) is 0 Å². The second-order valence-electron chi connectivity index (χ2n) is 5.43. The number of aryl methyl sites for hydroxylation is 1. The quantitative estimate of drug-likeness (QED) is 0.700. The van der Waals surface area contributed by atoms with Crippen LogP contribution in [0.2, 0.25) is 0 Å². The highest BCUT2D eigenvalue weighted by atomic mass is 16.5. The zero-order valence-corrected chi connectivity index (χ0v) is 14.6. The fourth-order valence-electron chi connectivity index (χ4n) is 2.30. The van der Waals surface area contributed by atoms with Crippen LogP contribution < -0.4 is 20.1 Å². The van der Waals surface area contributed by atoms with Crippen LogP contribution in [0, 0.1) is 6.92 Å². The van der Waals surface area contributed by atoms with Crippen LogP contribution in [0.15, 0.2) is 47.2 Å². The molecular formula is C18H18N4O4. The second-order valence-corrected chi connectivity index (χ2v) is 5.43. The van der Waals surface area contributed by atoms with Gasteiger partial charge in [-0.3, -0.25) is 9.78 Å². The number of hydrogen-bond donors (Lipinski definition) is 2. The molecule has 134 valence electrons. The maximum atomic E-state index is 12.3. The summed E-state index contributed by atoms with van der Waals surface area (Å²) >= 11 is 0. The molecule has 0 radical (unpaired) electrons. The van der Waals surface area contributed by atoms with Crippen molar-refractivity contribution < 1.29 is 18.8 Å². The SMILES string of the molecule is COc1ccc(Nc2cncc(C(=O)Nc3cc(C)on3)c2)c(OC)c1. The van der Waals surface area contributed by atoms with E-state index in [2.05, 4.69) is 20.8 Å². The zero-order valence-electron chi connectivity index (χ0n) is 14.6. The highest BCUT2D eigenvalue weighted by Gasteiger charge is 2.11. The van der Waals surface area contributed by atoms with Gasteiger partial charge in [0.15, 0.2) is 5.82 Å². The Kier molecular flexibility index (Phi) is 5.02. The number of carbonyl (C=O) groups is 1. The van der Waals surface area contributed by atoms with Crippen LogP contribution in [0.4, 0.5) is 17.2 Å². The molecule has 0 saturated carbocycles. The van der Waals surface area contributed by atoms with Crippen molar-refractivity contribution in [3.63, 3.8) is 0 Å². The van der Waals surface area contributed by atoms with Gasteiger partial charge in [0.05, 0.1) is 37.4 Å². The van der Waals surface area contributed by atoms with Crippen molar-refractivity contribution in [3.05, 3.63) is 54.0 Å². The maximum absolute atomic E-state index is 12.3. The van der Waals surface area contributed by atoms with E-state index in [4.69, 9.17) is 14.0 Å². The summed E-state index contributed by atoms with van der Waals surface area (Å²) in [5.74, 6) is 1.91. The van der Waals surface area contributed by atoms with Crippen molar-refractivity contribution >= 4 is 23.1 Å². The van der Waals surface area contributed by atoms with E-state index in [9.17, 15) is 4.79 Å². The van der Waals surface area contributed by atoms with Crippen molar-refractivity contribution in [3.8, 4) is 11.5 Å². The second kappa shape index (κ2) is 7.56. The number of benzene rings is 1. The molecule has 8 nitrogen and oxygen atoms in total. The molecule has 0 fully saturated rings. The number of methoxy groups -OCH3 is 2. The van der Waals surface area contributed by atoms with E-state index in [0.717, 1.165) is 5.69 Å². The van der Waals surface area contributed by atoms with E-state index in [1.54, 1.807) is 45.5 Å². The van der Waals surface area contributed by atoms with Gasteiger partial charge in [-0.1, -0.05) is 5.16 Å². The van der Waals surface area contributed by atoms with Gasteiger partial charge >= 0.3 is 0 Å². The molecule has 0 aliphatic carbocycles. The lowest BCUT2D eigenvalue weighted by Crippen LogP contribution is -2.12. The number of aromatic nitrogens is 2. The largest absolute Gasteiger partial charge is 0.497 e. The molecule has 0 aliphatic rings. The van der Waals surface area contributed by atoms with Gasteiger partial charge < -0.3 is 24.6 Å². The highest BCUT2D eigenvalue weighted by Crippen LogP contribution is 2.31. The summed E-state index contributed by atoms with van der Waals surface area (Å²) < 4.78 is 15.5. The fraction of sp³-hybridized carbons (Fsp3) is 0.167. The van der Waals surface area contributed by atoms with Gasteiger partial charge in [-0.25, -0.2) is 0 Å². The third-order valence-electron chi connectivity index (χ3n) is 3.56. The number of pyridine rings is 1. The number of hydrogen-bond acceptors (Lipinski definition) is 7. The Morgan fingerprint density at radius 2 is 1.96 bits per heavy atom. The number of rotatable bonds is 6. The Hall–Kier alpha value is -3.55. The van der Waals surface area contributed by atoms with Gasteiger partial charge in [-0.15, -0.1) is 0 Å². The first-order chi connectivity index (χ1) is 12.6. The molecule has 2 N–H and O–H groups in total. The first kappa shape index (κ1) is 17.3. The van der Waals surface area contributed by atoms with Crippen molar-refractivity contribution in [2.75, 3.05) is 24.9 Å². The molecule has 0 saturated heterocycles. The summed E-state index contributed by atoms with van der Waals surface area (Å²) in [6.07, 6.45) is 3.08. The molecule has 26 heavy (non-hydrogen) atoms. The number of nitrogens with one attached hydrogen (secondary N) is 2. The molecule has 8 heteroatoms. The predicted molar refractivity (Wildman–Crippen MR) is 96.3 cm³/mol. The fourth-order valence-corrected chi connectivity index (χ4v) is 2.30. The highest BCUT2D eigenvalue weighted by molar-refractivity contribution is 6.04. The molecule has 2 heterocycles. The van der Waals surface area contributed by atoms with Crippen molar-refractivity contribution in [2.24, 2.45) is 0 Å². The molecule has 0 unspecified atom stereocenters. The average molecular weight is 354 g/mol. The lowest BCUT2D eigenvalue weighted by Gasteiger charge is -2.13. The van der Waals surface area contributed by atoms with Crippen LogP contribution in [0.25, 0.3) is 0 Å². The van der Waals surface area contributed by atoms with Gasteiger partial charge in [0.2, 0.25) is 0 Å². The minimum atomic E-state index is -0.337. The maximum Gasteiger partial charge on any atom is 0.258 e. The Bertz CT molecular complexity index is 923. The van der Waals surface area contributed by atoms with Crippen LogP contribution in [0.3, 0.4) is 0 Å². The Labute approximate surface area is 150 Å². The van der Waals surface area contributed by atoms with Crippen LogP contribution in [-0.4, -0.2) is 30.3 Å². The van der Waals surface area contributed by atoms with Crippen LogP contribution in [0.1, 0.15) is 16.1 Å². The standard InChI is InChI=1S/C18H18N4O4/c1-11-6-17(22-26-11)21-18(23)12-7-13(10-19-9-12)20-15-5-4-14(24-2)8-16(15)25-3/h4-10,20H,1-3H3,(H,21,22,23). The summed E-state index contributed by atoms with van der Waals surface area (Å²) in [6, 6.07) is 8.71. The van der Waals surface area contributed by atoms with Gasteiger partial charge in [0.25, 0.3) is 5.91 Å². The summed E-state index contributed by atoms with van der Waals surface area (Å²) in [7, 11) is 3.16. The van der Waals surface area contributed by atoms with E-state index in [0.29, 0.717) is 34.3 Å². The molecular weight excluding hydrogens is 336 g/mol. The Morgan fingerprint density at radius 3 is 2.65 bits per heavy atom. The molecule has 1 aromatic carbocycles. The molecule has 1 amide bonds.